The Bertz CT molecular complexity index is 2790. The van der Waals surface area contributed by atoms with Crippen LogP contribution in [-0.2, 0) is 42.4 Å². The fraction of sp³-hybridized carbons (Fsp3) is 0.182. The molecular formula is C33H26N4O13S5. The number of hydrogen-bond donors (Lipinski definition) is 4. The first-order valence-corrected chi connectivity index (χ1v) is 20.6. The minimum Gasteiger partial charge on any atom is -0.480 e. The Morgan fingerprint density at radius 2 is 1.35 bits per heavy atom. The molecule has 0 saturated carbocycles. The molecule has 2 aromatic heterocycles. The van der Waals surface area contributed by atoms with Gasteiger partial charge in [0, 0.05) is 17.0 Å². The van der Waals surface area contributed by atoms with Crippen LogP contribution in [0.4, 0.5) is 10.5 Å². The molecular weight excluding hydrogens is 821 g/mol. The summed E-state index contributed by atoms with van der Waals surface area (Å²) in [6, 6.07) is 15.8. The van der Waals surface area contributed by atoms with Gasteiger partial charge in [-0.25, -0.2) is 0 Å². The van der Waals surface area contributed by atoms with Crippen molar-refractivity contribution >= 4 is 102 Å². The number of benzene rings is 2. The van der Waals surface area contributed by atoms with Gasteiger partial charge in [0.25, 0.3) is 32.4 Å². The van der Waals surface area contributed by atoms with Gasteiger partial charge in [0.1, 0.15) is 42.9 Å². The molecule has 0 aliphatic carbocycles. The number of anilines is 1. The number of nitrogens with zero attached hydrogens (tertiary/aromatic N) is 4. The number of carbonyl (C=O) groups is 5. The number of amides is 2. The summed E-state index contributed by atoms with van der Waals surface area (Å²) in [6.45, 7) is -2.75. The van der Waals surface area contributed by atoms with E-state index in [2.05, 4.69) is 0 Å². The lowest BCUT2D eigenvalue weighted by Crippen LogP contribution is -2.35. The first-order valence-electron chi connectivity index (χ1n) is 15.7. The largest absolute Gasteiger partial charge is 0.480 e. The van der Waals surface area contributed by atoms with Crippen LogP contribution in [0.15, 0.2) is 80.2 Å². The molecule has 0 spiro atoms. The Morgan fingerprint density at radius 3 is 1.98 bits per heavy atom. The maximum atomic E-state index is 14.3. The average molecular weight is 847 g/mol. The first kappa shape index (κ1) is 39.4. The molecule has 0 atom stereocenters. The van der Waals surface area contributed by atoms with Gasteiger partial charge in [-0.1, -0.05) is 54.2 Å². The van der Waals surface area contributed by atoms with Gasteiger partial charge in [-0.3, -0.25) is 52.1 Å². The Labute approximate surface area is 324 Å². The van der Waals surface area contributed by atoms with Crippen molar-refractivity contribution in [2.24, 2.45) is 0 Å². The molecule has 0 unspecified atom stereocenters. The summed E-state index contributed by atoms with van der Waals surface area (Å²) in [4.78, 5) is 92.1. The van der Waals surface area contributed by atoms with Crippen LogP contribution in [0, 0.1) is 9.20 Å². The lowest BCUT2D eigenvalue weighted by Gasteiger charge is -2.20. The molecule has 4 heterocycles. The van der Waals surface area contributed by atoms with Gasteiger partial charge >= 0.3 is 17.9 Å². The van der Waals surface area contributed by atoms with Crippen LogP contribution in [0.25, 0.3) is 10.5 Å². The quantitative estimate of drug-likeness (QED) is 0.147. The van der Waals surface area contributed by atoms with E-state index in [0.717, 1.165) is 26.5 Å². The molecule has 4 N–H and O–H groups in total. The number of rotatable bonds is 12. The summed E-state index contributed by atoms with van der Waals surface area (Å²) < 4.78 is 33.1. The second-order valence-corrected chi connectivity index (χ2v) is 17.2. The molecule has 2 aliphatic rings. The summed E-state index contributed by atoms with van der Waals surface area (Å²) >= 11 is 2.91. The highest BCUT2D eigenvalue weighted by Gasteiger charge is 2.38. The minimum atomic E-state index is -4.27. The van der Waals surface area contributed by atoms with Crippen LogP contribution in [-0.4, -0.2) is 90.2 Å². The normalized spacial score (nSPS) is 17.2. The Hall–Kier alpha value is -5.26. The molecule has 55 heavy (non-hydrogen) atoms. The van der Waals surface area contributed by atoms with Crippen molar-refractivity contribution in [3.63, 3.8) is 0 Å². The first-order chi connectivity index (χ1) is 26.0. The van der Waals surface area contributed by atoms with E-state index < -0.39 is 80.6 Å². The van der Waals surface area contributed by atoms with Crippen LogP contribution in [0.3, 0.4) is 0 Å². The highest BCUT2D eigenvalue weighted by atomic mass is 32.2. The summed E-state index contributed by atoms with van der Waals surface area (Å²) in [6.07, 6.45) is 1.72. The van der Waals surface area contributed by atoms with Crippen molar-refractivity contribution in [2.45, 2.75) is 24.4 Å². The number of hydrogen-bond acceptors (Lipinski definition) is 14. The van der Waals surface area contributed by atoms with Crippen molar-refractivity contribution in [1.29, 1.82) is 0 Å². The molecule has 286 valence electrons. The number of imide groups is 1. The molecule has 2 amide bonds. The number of aliphatic carboxylic acids is 3. The molecule has 2 aromatic carbocycles. The number of para-hydroxylation sites is 1. The fourth-order valence-corrected chi connectivity index (χ4v) is 10.7. The second-order valence-electron chi connectivity index (χ2n) is 11.6. The van der Waals surface area contributed by atoms with Crippen molar-refractivity contribution < 1.29 is 52.3 Å². The number of fused-ring (bicyclic) bond motifs is 1. The van der Waals surface area contributed by atoms with Gasteiger partial charge in [0.15, 0.2) is 0 Å². The molecule has 1 saturated heterocycles. The van der Waals surface area contributed by atoms with Crippen molar-refractivity contribution in [3.05, 3.63) is 110 Å². The van der Waals surface area contributed by atoms with Gasteiger partial charge in [0.2, 0.25) is 0 Å². The van der Waals surface area contributed by atoms with E-state index in [9.17, 15) is 61.9 Å². The lowest BCUT2D eigenvalue weighted by atomic mass is 10.1. The third-order valence-corrected chi connectivity index (χ3v) is 13.5. The molecule has 1 fully saturated rings. The number of carbonyl (C=O) groups excluding carboxylic acids is 2. The summed E-state index contributed by atoms with van der Waals surface area (Å²) in [5.41, 5.74) is -0.292. The van der Waals surface area contributed by atoms with Crippen LogP contribution >= 0.6 is 46.2 Å². The maximum absolute atomic E-state index is 14.3. The number of allylic oxidation sites excluding steroid dienone is 1. The lowest BCUT2D eigenvalue weighted by molar-refractivity contribution is -0.140. The molecule has 2 aliphatic heterocycles. The van der Waals surface area contributed by atoms with Crippen LogP contribution in [0.1, 0.15) is 12.0 Å². The zero-order valence-corrected chi connectivity index (χ0v) is 31.9. The van der Waals surface area contributed by atoms with Gasteiger partial charge in [-0.15, -0.1) is 22.7 Å². The van der Waals surface area contributed by atoms with Crippen LogP contribution in [0.2, 0.25) is 0 Å². The Balaban J connectivity index is 1.69. The van der Waals surface area contributed by atoms with Gasteiger partial charge in [0.05, 0.1) is 16.5 Å². The molecule has 17 nitrogen and oxygen atoms in total. The predicted molar refractivity (Wildman–Crippen MR) is 203 cm³/mol. The monoisotopic (exact) mass is 846 g/mol. The van der Waals surface area contributed by atoms with Gasteiger partial charge < -0.3 is 20.2 Å². The number of carboxylic acid groups (broad SMARTS) is 3. The van der Waals surface area contributed by atoms with E-state index in [0.29, 0.717) is 48.7 Å². The fourth-order valence-electron chi connectivity index (χ4n) is 5.64. The molecule has 0 bridgehead atoms. The average Bonchev–Trinajstić information content (AvgIpc) is 3.81. The van der Waals surface area contributed by atoms with E-state index in [1.807, 2.05) is 23.1 Å². The van der Waals surface area contributed by atoms with Crippen molar-refractivity contribution in [2.75, 3.05) is 23.7 Å². The van der Waals surface area contributed by atoms with E-state index in [-0.39, 0.29) is 31.4 Å². The zero-order valence-electron chi connectivity index (χ0n) is 27.8. The third-order valence-electron chi connectivity index (χ3n) is 7.90. The molecule has 0 radical (unpaired) electrons. The number of thiazole rings is 2. The third kappa shape index (κ3) is 8.38. The molecule has 4 aromatic rings. The standard InChI is InChI=1S/C33H26N4O13S5/c38-22(39)14-35-28(44)25(52-31(35)26-29(45)36(15-23(40)41)32(53-26)27-30(46)37(16-24(42)43)33(47)54-27)18(17-7-2-1-3-8-17)13-21-34(11-6-12-55(48,49)50)19-9-4-5-10-20(19)51-21/h1-5,7-10,13H,6,11-12,14-16H2,(H,38,39)(H,40,41)(H,42,43)(H,48,49,50)/b21-13?,25-18?,31-26+,32-27+. The van der Waals surface area contributed by atoms with Gasteiger partial charge in [-0.05, 0) is 42.0 Å². The maximum Gasteiger partial charge on any atom is 0.323 e. The van der Waals surface area contributed by atoms with E-state index in [1.54, 1.807) is 42.5 Å². The topological polar surface area (TPSA) is 251 Å². The molecule has 22 heteroatoms. The van der Waals surface area contributed by atoms with Crippen molar-refractivity contribution in [3.8, 4) is 0 Å². The smallest absolute Gasteiger partial charge is 0.323 e. The summed E-state index contributed by atoms with van der Waals surface area (Å²) in [5.74, 6) is -6.04. The van der Waals surface area contributed by atoms with E-state index >= 15 is 0 Å². The SMILES string of the molecule is O=C(O)CN1C(=O)S/C(=c2/s/c(=c3/sc(=C(C=C4Sc5ccccc5N4CCCS(=O)(=O)O)c4ccccc4)c(=O)n3CC(=O)O)c(=O)n2CC(=O)O)C1=O. The number of thioether (sulfide) groups is 2. The Morgan fingerprint density at radius 1 is 0.727 bits per heavy atom. The molecule has 6 rings (SSSR count). The van der Waals surface area contributed by atoms with Gasteiger partial charge in [-0.2, -0.15) is 8.42 Å². The summed E-state index contributed by atoms with van der Waals surface area (Å²) in [5, 5.41) is 28.3. The zero-order chi connectivity index (χ0) is 39.8. The highest BCUT2D eigenvalue weighted by Crippen LogP contribution is 2.46. The highest BCUT2D eigenvalue weighted by molar-refractivity contribution is 8.23. The van der Waals surface area contributed by atoms with E-state index in [4.69, 9.17) is 0 Å². The van der Waals surface area contributed by atoms with E-state index in [1.165, 1.54) is 11.8 Å². The van der Waals surface area contributed by atoms with Crippen LogP contribution < -0.4 is 25.2 Å². The Kier molecular flexibility index (Phi) is 11.4. The number of carboxylic acids is 3. The van der Waals surface area contributed by atoms with Crippen LogP contribution in [0.5, 0.6) is 0 Å². The summed E-state index contributed by atoms with van der Waals surface area (Å²) in [7, 11) is -4.27. The minimum absolute atomic E-state index is 0.0229. The van der Waals surface area contributed by atoms with Crippen molar-refractivity contribution in [1.82, 2.24) is 14.0 Å². The predicted octanol–water partition coefficient (Wildman–Crippen LogP) is 1.41. The second kappa shape index (κ2) is 15.8. The number of aromatic nitrogens is 2.